The minimum atomic E-state index is -1.07. The average molecular weight is 393 g/mol. The van der Waals surface area contributed by atoms with Crippen molar-refractivity contribution < 1.29 is 23.8 Å². The fourth-order valence-electron chi connectivity index (χ4n) is 4.30. The number of anilines is 2. The lowest BCUT2D eigenvalue weighted by Gasteiger charge is -2.39. The standard InChI is InChI=1S/C20H25F2N3O3/c1-10-14-6-11(20(27)28)9-25(13-2-3-13)18(14)17(22)19(16(10)21)24-5-4-15(26)12(7-23)8-24/h6,12-13,15,26H,2-5,7-9,23H2,1H3,(H,27,28). The first-order chi connectivity index (χ1) is 13.3. The Morgan fingerprint density at radius 2 is 1.96 bits per heavy atom. The van der Waals surface area contributed by atoms with E-state index in [1.807, 2.05) is 0 Å². The van der Waals surface area contributed by atoms with Crippen LogP contribution in [0.5, 0.6) is 0 Å². The molecule has 4 rings (SSSR count). The smallest absolute Gasteiger partial charge is 0.333 e. The molecule has 2 unspecified atom stereocenters. The summed E-state index contributed by atoms with van der Waals surface area (Å²) in [5.41, 5.74) is 6.60. The van der Waals surface area contributed by atoms with E-state index in [9.17, 15) is 15.0 Å². The predicted molar refractivity (Wildman–Crippen MR) is 102 cm³/mol. The Balaban J connectivity index is 1.84. The van der Waals surface area contributed by atoms with Crippen LogP contribution in [-0.4, -0.2) is 54.5 Å². The molecule has 0 bridgehead atoms. The monoisotopic (exact) mass is 393 g/mol. The lowest BCUT2D eigenvalue weighted by atomic mass is 9.92. The topological polar surface area (TPSA) is 90.0 Å². The minimum absolute atomic E-state index is 0.0778. The van der Waals surface area contributed by atoms with Gasteiger partial charge in [-0.15, -0.1) is 0 Å². The van der Waals surface area contributed by atoms with Gasteiger partial charge in [-0.1, -0.05) is 0 Å². The number of hydrogen-bond acceptors (Lipinski definition) is 5. The molecular weight excluding hydrogens is 368 g/mol. The average Bonchev–Trinajstić information content (AvgIpc) is 3.51. The van der Waals surface area contributed by atoms with Gasteiger partial charge >= 0.3 is 5.97 Å². The summed E-state index contributed by atoms with van der Waals surface area (Å²) in [5, 5.41) is 19.5. The van der Waals surface area contributed by atoms with Crippen molar-refractivity contribution in [3.05, 3.63) is 28.3 Å². The maximum Gasteiger partial charge on any atom is 0.333 e. The number of aliphatic hydroxyl groups excluding tert-OH is 1. The van der Waals surface area contributed by atoms with Crippen LogP contribution in [0.15, 0.2) is 5.57 Å². The van der Waals surface area contributed by atoms with E-state index in [-0.39, 0.29) is 54.1 Å². The molecule has 0 amide bonds. The second kappa shape index (κ2) is 7.00. The van der Waals surface area contributed by atoms with E-state index in [0.717, 1.165) is 12.8 Å². The molecule has 1 aliphatic carbocycles. The molecule has 2 aliphatic heterocycles. The highest BCUT2D eigenvalue weighted by Crippen LogP contribution is 2.45. The fourth-order valence-corrected chi connectivity index (χ4v) is 4.30. The zero-order chi connectivity index (χ0) is 20.2. The Kier molecular flexibility index (Phi) is 4.79. The highest BCUT2D eigenvalue weighted by atomic mass is 19.1. The lowest BCUT2D eigenvalue weighted by Crippen LogP contribution is -2.47. The van der Waals surface area contributed by atoms with Crippen LogP contribution in [0.2, 0.25) is 0 Å². The molecule has 1 aromatic rings. The Morgan fingerprint density at radius 3 is 2.57 bits per heavy atom. The number of piperidine rings is 1. The molecule has 0 spiro atoms. The third kappa shape index (κ3) is 3.04. The largest absolute Gasteiger partial charge is 0.478 e. The van der Waals surface area contributed by atoms with E-state index < -0.39 is 23.7 Å². The number of aliphatic hydroxyl groups is 1. The molecule has 6 nitrogen and oxygen atoms in total. The summed E-state index contributed by atoms with van der Waals surface area (Å²) in [7, 11) is 0. The van der Waals surface area contributed by atoms with E-state index in [1.54, 1.807) is 16.7 Å². The molecule has 0 aromatic heterocycles. The zero-order valence-corrected chi connectivity index (χ0v) is 15.8. The third-order valence-corrected chi connectivity index (χ3v) is 6.13. The van der Waals surface area contributed by atoms with Crippen LogP contribution in [0.25, 0.3) is 6.08 Å². The van der Waals surface area contributed by atoms with Crippen molar-refractivity contribution in [3.8, 4) is 0 Å². The van der Waals surface area contributed by atoms with Crippen LogP contribution in [0, 0.1) is 24.5 Å². The van der Waals surface area contributed by atoms with Crippen molar-refractivity contribution in [1.82, 2.24) is 0 Å². The van der Waals surface area contributed by atoms with Crippen LogP contribution >= 0.6 is 0 Å². The minimum Gasteiger partial charge on any atom is -0.478 e. The van der Waals surface area contributed by atoms with Crippen molar-refractivity contribution in [2.75, 3.05) is 36.0 Å². The second-order valence-electron chi connectivity index (χ2n) is 8.00. The lowest BCUT2D eigenvalue weighted by molar-refractivity contribution is -0.132. The number of nitrogens with zero attached hydrogens (tertiary/aromatic N) is 2. The number of fused-ring (bicyclic) bond motifs is 1. The Morgan fingerprint density at radius 1 is 1.25 bits per heavy atom. The van der Waals surface area contributed by atoms with Crippen LogP contribution in [-0.2, 0) is 4.79 Å². The zero-order valence-electron chi connectivity index (χ0n) is 15.8. The fraction of sp³-hybridized carbons (Fsp3) is 0.550. The number of halogens is 2. The summed E-state index contributed by atoms with van der Waals surface area (Å²) >= 11 is 0. The molecule has 1 aromatic carbocycles. The Bertz CT molecular complexity index is 854. The maximum atomic E-state index is 15.7. The van der Waals surface area contributed by atoms with Gasteiger partial charge in [0.15, 0.2) is 11.6 Å². The van der Waals surface area contributed by atoms with Gasteiger partial charge in [-0.3, -0.25) is 0 Å². The molecule has 1 saturated carbocycles. The molecule has 2 atom stereocenters. The second-order valence-corrected chi connectivity index (χ2v) is 8.00. The van der Waals surface area contributed by atoms with Gasteiger partial charge in [0, 0.05) is 30.6 Å². The summed E-state index contributed by atoms with van der Waals surface area (Å²) in [4.78, 5) is 14.9. The van der Waals surface area contributed by atoms with E-state index in [4.69, 9.17) is 5.73 Å². The van der Waals surface area contributed by atoms with E-state index >= 15 is 8.78 Å². The highest BCUT2D eigenvalue weighted by molar-refractivity contribution is 5.97. The van der Waals surface area contributed by atoms with Gasteiger partial charge < -0.3 is 25.7 Å². The number of rotatable bonds is 4. The number of hydrogen-bond donors (Lipinski definition) is 3. The Labute approximate surface area is 162 Å². The maximum absolute atomic E-state index is 15.7. The molecule has 152 valence electrons. The summed E-state index contributed by atoms with van der Waals surface area (Å²) in [6.45, 7) is 2.53. The molecular formula is C20H25F2N3O3. The van der Waals surface area contributed by atoms with Gasteiger partial charge in [0.2, 0.25) is 0 Å². The van der Waals surface area contributed by atoms with Crippen molar-refractivity contribution in [1.29, 1.82) is 0 Å². The predicted octanol–water partition coefficient (Wildman–Crippen LogP) is 1.87. The highest BCUT2D eigenvalue weighted by Gasteiger charge is 2.39. The number of carboxylic acids is 1. The van der Waals surface area contributed by atoms with Gasteiger partial charge in [0.05, 0.1) is 23.9 Å². The van der Waals surface area contributed by atoms with Crippen LogP contribution in [0.3, 0.4) is 0 Å². The number of nitrogens with two attached hydrogens (primary N) is 1. The van der Waals surface area contributed by atoms with E-state index in [2.05, 4.69) is 0 Å². The number of carbonyl (C=O) groups is 1. The molecule has 28 heavy (non-hydrogen) atoms. The first-order valence-corrected chi connectivity index (χ1v) is 9.68. The number of benzene rings is 1. The van der Waals surface area contributed by atoms with Gasteiger partial charge in [0.25, 0.3) is 0 Å². The van der Waals surface area contributed by atoms with Crippen molar-refractivity contribution in [2.24, 2.45) is 11.7 Å². The van der Waals surface area contributed by atoms with Gasteiger partial charge in [-0.05, 0) is 44.4 Å². The summed E-state index contributed by atoms with van der Waals surface area (Å²) in [6, 6.07) is 0.0778. The molecule has 0 radical (unpaired) electrons. The molecule has 2 fully saturated rings. The van der Waals surface area contributed by atoms with E-state index in [1.165, 1.54) is 6.08 Å². The van der Waals surface area contributed by atoms with Crippen molar-refractivity contribution in [3.63, 3.8) is 0 Å². The number of carboxylic acid groups (broad SMARTS) is 1. The first-order valence-electron chi connectivity index (χ1n) is 9.68. The summed E-state index contributed by atoms with van der Waals surface area (Å²) < 4.78 is 30.9. The first kappa shape index (κ1) is 19.1. The molecule has 1 saturated heterocycles. The van der Waals surface area contributed by atoms with Crippen molar-refractivity contribution in [2.45, 2.75) is 38.3 Å². The van der Waals surface area contributed by atoms with Gasteiger partial charge in [-0.25, -0.2) is 13.6 Å². The van der Waals surface area contributed by atoms with Crippen molar-refractivity contribution >= 4 is 23.4 Å². The van der Waals surface area contributed by atoms with Gasteiger partial charge in [0.1, 0.15) is 5.69 Å². The molecule has 8 heteroatoms. The Hall–Kier alpha value is -2.19. The SMILES string of the molecule is Cc1c(F)c(N2CCC(O)C(CN)C2)c(F)c2c1C=C(C(=O)O)CN2C1CC1. The quantitative estimate of drug-likeness (QED) is 0.724. The van der Waals surface area contributed by atoms with Crippen LogP contribution in [0.1, 0.15) is 30.4 Å². The van der Waals surface area contributed by atoms with Crippen LogP contribution < -0.4 is 15.5 Å². The van der Waals surface area contributed by atoms with E-state index in [0.29, 0.717) is 18.5 Å². The number of aliphatic carboxylic acids is 1. The molecule has 4 N–H and O–H groups in total. The molecule has 3 aliphatic rings. The van der Waals surface area contributed by atoms with Crippen LogP contribution in [0.4, 0.5) is 20.2 Å². The van der Waals surface area contributed by atoms with Gasteiger partial charge in [-0.2, -0.15) is 0 Å². The third-order valence-electron chi connectivity index (χ3n) is 6.13. The molecule has 2 heterocycles. The summed E-state index contributed by atoms with van der Waals surface area (Å²) in [6.07, 6.45) is 2.94. The summed E-state index contributed by atoms with van der Waals surface area (Å²) in [5.74, 6) is -2.65. The normalized spacial score (nSPS) is 24.8.